The Kier molecular flexibility index (Phi) is 5.54. The summed E-state index contributed by atoms with van der Waals surface area (Å²) in [6.45, 7) is 4.58. The summed E-state index contributed by atoms with van der Waals surface area (Å²) in [5.74, 6) is -1.01. The molecule has 0 saturated heterocycles. The van der Waals surface area contributed by atoms with Gasteiger partial charge in [0.2, 0.25) is 11.8 Å². The zero-order valence-corrected chi connectivity index (χ0v) is 15.4. The number of para-hydroxylation sites is 2. The van der Waals surface area contributed by atoms with E-state index in [1.165, 1.54) is 0 Å². The van der Waals surface area contributed by atoms with Crippen LogP contribution in [0, 0.1) is 5.92 Å². The molecule has 1 unspecified atom stereocenters. The van der Waals surface area contributed by atoms with E-state index in [4.69, 9.17) is 0 Å². The van der Waals surface area contributed by atoms with Crippen LogP contribution < -0.4 is 16.0 Å². The summed E-state index contributed by atoms with van der Waals surface area (Å²) in [4.78, 5) is 37.3. The van der Waals surface area contributed by atoms with Gasteiger partial charge < -0.3 is 16.0 Å². The van der Waals surface area contributed by atoms with E-state index in [0.29, 0.717) is 29.4 Å². The highest BCUT2D eigenvalue weighted by Crippen LogP contribution is 2.33. The van der Waals surface area contributed by atoms with Gasteiger partial charge in [0.25, 0.3) is 5.91 Å². The summed E-state index contributed by atoms with van der Waals surface area (Å²) in [6, 6.07) is 14.1. The maximum Gasteiger partial charge on any atom is 0.253 e. The normalized spacial score (nSPS) is 15.7. The molecule has 0 bridgehead atoms. The summed E-state index contributed by atoms with van der Waals surface area (Å²) >= 11 is 0. The Morgan fingerprint density at radius 2 is 1.81 bits per heavy atom. The van der Waals surface area contributed by atoms with Crippen molar-refractivity contribution in [3.8, 4) is 0 Å². The van der Waals surface area contributed by atoms with E-state index in [9.17, 15) is 14.4 Å². The van der Waals surface area contributed by atoms with Gasteiger partial charge in [0.05, 0.1) is 17.2 Å². The Morgan fingerprint density at radius 1 is 1.11 bits per heavy atom. The van der Waals surface area contributed by atoms with E-state index < -0.39 is 5.92 Å². The highest BCUT2D eigenvalue weighted by molar-refractivity contribution is 6.08. The van der Waals surface area contributed by atoms with Crippen LogP contribution >= 0.6 is 0 Å². The molecule has 140 valence electrons. The molecule has 0 radical (unpaired) electrons. The molecule has 3 amide bonds. The van der Waals surface area contributed by atoms with Crippen LogP contribution in [0.15, 0.2) is 48.5 Å². The van der Waals surface area contributed by atoms with Crippen molar-refractivity contribution in [2.24, 2.45) is 5.92 Å². The second-order valence-electron chi connectivity index (χ2n) is 7.03. The van der Waals surface area contributed by atoms with Gasteiger partial charge in [-0.2, -0.15) is 0 Å². The predicted octanol–water partition coefficient (Wildman–Crippen LogP) is 3.14. The van der Waals surface area contributed by atoms with Crippen LogP contribution in [0.4, 0.5) is 11.4 Å². The fourth-order valence-electron chi connectivity index (χ4n) is 3.05. The first kappa shape index (κ1) is 18.6. The van der Waals surface area contributed by atoms with Crippen molar-refractivity contribution >= 4 is 29.1 Å². The van der Waals surface area contributed by atoms with E-state index >= 15 is 0 Å². The summed E-state index contributed by atoms with van der Waals surface area (Å²) in [5, 5.41) is 8.47. The van der Waals surface area contributed by atoms with E-state index in [1.54, 1.807) is 30.3 Å². The Hall–Kier alpha value is -3.15. The molecule has 0 saturated carbocycles. The number of hydrogen-bond donors (Lipinski definition) is 3. The molecule has 0 aromatic heterocycles. The summed E-state index contributed by atoms with van der Waals surface area (Å²) in [6.07, 6.45) is 0.0740. The summed E-state index contributed by atoms with van der Waals surface area (Å²) in [5.41, 5.74) is 2.26. The van der Waals surface area contributed by atoms with Crippen LogP contribution in [0.25, 0.3) is 0 Å². The molecule has 27 heavy (non-hydrogen) atoms. The third-order valence-electron chi connectivity index (χ3n) is 4.42. The van der Waals surface area contributed by atoms with Crippen LogP contribution in [0.1, 0.15) is 42.1 Å². The average Bonchev–Trinajstić information content (AvgIpc) is 2.65. The molecule has 0 aliphatic carbocycles. The lowest BCUT2D eigenvalue weighted by molar-refractivity contribution is -0.123. The third kappa shape index (κ3) is 4.34. The van der Waals surface area contributed by atoms with Crippen LogP contribution in [0.2, 0.25) is 0 Å². The molecule has 0 spiro atoms. The van der Waals surface area contributed by atoms with Crippen LogP contribution in [0.3, 0.4) is 0 Å². The van der Waals surface area contributed by atoms with Crippen molar-refractivity contribution in [2.45, 2.75) is 26.2 Å². The van der Waals surface area contributed by atoms with Crippen molar-refractivity contribution in [2.75, 3.05) is 17.2 Å². The molecule has 1 heterocycles. The second kappa shape index (κ2) is 8.03. The lowest BCUT2D eigenvalue weighted by atomic mass is 9.89. The van der Waals surface area contributed by atoms with Crippen LogP contribution in [0.5, 0.6) is 0 Å². The molecule has 3 N–H and O–H groups in total. The number of nitrogens with one attached hydrogen (secondary N) is 3. The number of anilines is 2. The number of benzene rings is 2. The van der Waals surface area contributed by atoms with E-state index in [1.807, 2.05) is 32.0 Å². The Morgan fingerprint density at radius 3 is 2.59 bits per heavy atom. The Labute approximate surface area is 158 Å². The zero-order chi connectivity index (χ0) is 19.4. The van der Waals surface area contributed by atoms with Gasteiger partial charge in [0.1, 0.15) is 0 Å². The molecule has 6 heteroatoms. The highest BCUT2D eigenvalue weighted by atomic mass is 16.2. The fraction of sp³-hybridized carbons (Fsp3) is 0.286. The first-order chi connectivity index (χ1) is 13.0. The number of carbonyl (C=O) groups excluding carboxylic acids is 3. The van der Waals surface area contributed by atoms with Crippen molar-refractivity contribution < 1.29 is 14.4 Å². The largest absolute Gasteiger partial charge is 0.352 e. The number of fused-ring (bicyclic) bond motifs is 1. The maximum absolute atomic E-state index is 12.9. The first-order valence-corrected chi connectivity index (χ1v) is 9.02. The predicted molar refractivity (Wildman–Crippen MR) is 105 cm³/mol. The van der Waals surface area contributed by atoms with E-state index in [0.717, 1.165) is 5.56 Å². The van der Waals surface area contributed by atoms with Gasteiger partial charge in [0, 0.05) is 18.7 Å². The van der Waals surface area contributed by atoms with Gasteiger partial charge in [0.15, 0.2) is 0 Å². The molecule has 1 atom stereocenters. The minimum atomic E-state index is -0.596. The van der Waals surface area contributed by atoms with E-state index in [-0.39, 0.29) is 24.1 Å². The highest BCUT2D eigenvalue weighted by Gasteiger charge is 2.31. The molecule has 1 aliphatic rings. The standard InChI is InChI=1S/C21H23N3O3/c1-13(2)12-22-20(26)15-8-4-6-10-18(15)24-21(27)16-11-19(25)23-17-9-5-3-7-14(16)17/h3-10,13,16H,11-12H2,1-2H3,(H,22,26)(H,23,25)(H,24,27). The van der Waals surface area contributed by atoms with Gasteiger partial charge in [-0.25, -0.2) is 0 Å². The second-order valence-corrected chi connectivity index (χ2v) is 7.03. The Balaban J connectivity index is 1.81. The minimum Gasteiger partial charge on any atom is -0.352 e. The van der Waals surface area contributed by atoms with Crippen LogP contribution in [-0.2, 0) is 9.59 Å². The molecular weight excluding hydrogens is 342 g/mol. The lowest BCUT2D eigenvalue weighted by Gasteiger charge is -2.25. The smallest absolute Gasteiger partial charge is 0.253 e. The van der Waals surface area contributed by atoms with Gasteiger partial charge in [-0.05, 0) is 29.7 Å². The first-order valence-electron chi connectivity index (χ1n) is 9.02. The van der Waals surface area contributed by atoms with Gasteiger partial charge in [-0.15, -0.1) is 0 Å². The van der Waals surface area contributed by atoms with Crippen molar-refractivity contribution in [3.63, 3.8) is 0 Å². The molecule has 3 rings (SSSR count). The summed E-state index contributed by atoms with van der Waals surface area (Å²) < 4.78 is 0. The third-order valence-corrected chi connectivity index (χ3v) is 4.42. The lowest BCUT2D eigenvalue weighted by Crippen LogP contribution is -2.32. The number of rotatable bonds is 5. The van der Waals surface area contributed by atoms with Gasteiger partial charge in [-0.3, -0.25) is 14.4 Å². The summed E-state index contributed by atoms with van der Waals surface area (Å²) in [7, 11) is 0. The van der Waals surface area contributed by atoms with Gasteiger partial charge in [-0.1, -0.05) is 44.2 Å². The Bertz CT molecular complexity index is 876. The number of hydrogen-bond acceptors (Lipinski definition) is 3. The van der Waals surface area contributed by atoms with Gasteiger partial charge >= 0.3 is 0 Å². The molecule has 1 aliphatic heterocycles. The molecule has 6 nitrogen and oxygen atoms in total. The molecular formula is C21H23N3O3. The molecule has 0 fully saturated rings. The van der Waals surface area contributed by atoms with Crippen LogP contribution in [-0.4, -0.2) is 24.3 Å². The average molecular weight is 365 g/mol. The van der Waals surface area contributed by atoms with Crippen molar-refractivity contribution in [1.29, 1.82) is 0 Å². The SMILES string of the molecule is CC(C)CNC(=O)c1ccccc1NC(=O)C1CC(=O)Nc2ccccc21. The number of amides is 3. The quantitative estimate of drug-likeness (QED) is 0.761. The monoisotopic (exact) mass is 365 g/mol. The van der Waals surface area contributed by atoms with Crippen molar-refractivity contribution in [3.05, 3.63) is 59.7 Å². The topological polar surface area (TPSA) is 87.3 Å². The molecule has 2 aromatic rings. The maximum atomic E-state index is 12.9. The fourth-order valence-corrected chi connectivity index (χ4v) is 3.05. The minimum absolute atomic E-state index is 0.0740. The van der Waals surface area contributed by atoms with Crippen molar-refractivity contribution in [1.82, 2.24) is 5.32 Å². The number of carbonyl (C=O) groups is 3. The molecule has 2 aromatic carbocycles. The van der Waals surface area contributed by atoms with E-state index in [2.05, 4.69) is 16.0 Å². The zero-order valence-electron chi connectivity index (χ0n) is 15.4.